The Kier molecular flexibility index (Phi) is 4.24. The summed E-state index contributed by atoms with van der Waals surface area (Å²) in [4.78, 5) is 11.8. The molecular weight excluding hydrogens is 226 g/mol. The molecule has 0 saturated carbocycles. The van der Waals surface area contributed by atoms with E-state index in [1.165, 1.54) is 0 Å². The number of ether oxygens (including phenoxy) is 1. The van der Waals surface area contributed by atoms with Crippen molar-refractivity contribution in [2.24, 2.45) is 0 Å². The van der Waals surface area contributed by atoms with Crippen molar-refractivity contribution in [2.75, 3.05) is 6.61 Å². The van der Waals surface area contributed by atoms with E-state index in [1.54, 1.807) is 0 Å². The van der Waals surface area contributed by atoms with Gasteiger partial charge in [0.05, 0.1) is 12.6 Å². The molecule has 98 valence electrons. The van der Waals surface area contributed by atoms with Gasteiger partial charge in [-0.3, -0.25) is 4.79 Å². The number of carbonyl (C=O) groups is 1. The molecule has 1 aromatic rings. The fourth-order valence-electron chi connectivity index (χ4n) is 2.41. The monoisotopic (exact) mass is 247 g/mol. The van der Waals surface area contributed by atoms with Crippen LogP contribution in [0.15, 0.2) is 18.2 Å². The van der Waals surface area contributed by atoms with E-state index in [9.17, 15) is 4.79 Å². The zero-order chi connectivity index (χ0) is 13.0. The highest BCUT2D eigenvalue weighted by Gasteiger charge is 2.22. The van der Waals surface area contributed by atoms with Crippen LogP contribution < -0.4 is 10.1 Å². The third-order valence-electron chi connectivity index (χ3n) is 3.31. The molecule has 1 aromatic carbocycles. The Balaban J connectivity index is 2.22. The smallest absolute Gasteiger partial charge is 0.220 e. The van der Waals surface area contributed by atoms with Gasteiger partial charge in [0.15, 0.2) is 0 Å². The number of hydrogen-bond donors (Lipinski definition) is 1. The molecule has 1 N–H and O–H groups in total. The van der Waals surface area contributed by atoms with Crippen molar-refractivity contribution in [3.05, 3.63) is 29.3 Å². The average Bonchev–Trinajstić information content (AvgIpc) is 2.54. The topological polar surface area (TPSA) is 38.3 Å². The first-order valence-corrected chi connectivity index (χ1v) is 6.74. The maximum atomic E-state index is 11.8. The summed E-state index contributed by atoms with van der Waals surface area (Å²) in [5.41, 5.74) is 2.26. The van der Waals surface area contributed by atoms with E-state index in [4.69, 9.17) is 4.74 Å². The van der Waals surface area contributed by atoms with Gasteiger partial charge in [0.2, 0.25) is 5.91 Å². The average molecular weight is 247 g/mol. The quantitative estimate of drug-likeness (QED) is 0.891. The van der Waals surface area contributed by atoms with Gasteiger partial charge >= 0.3 is 0 Å². The van der Waals surface area contributed by atoms with Crippen LogP contribution in [0.3, 0.4) is 0 Å². The normalized spacial score (nSPS) is 18.4. The Morgan fingerprint density at radius 1 is 1.50 bits per heavy atom. The first-order chi connectivity index (χ1) is 8.72. The second kappa shape index (κ2) is 5.89. The molecule has 0 bridgehead atoms. The zero-order valence-corrected chi connectivity index (χ0v) is 11.2. The van der Waals surface area contributed by atoms with E-state index < -0.39 is 0 Å². The molecule has 1 amide bonds. The summed E-state index contributed by atoms with van der Waals surface area (Å²) in [5, 5.41) is 3.12. The third kappa shape index (κ3) is 2.84. The number of amides is 1. The molecule has 0 aromatic heterocycles. The molecular formula is C15H21NO2. The number of carbonyl (C=O) groups excluding carboxylic acids is 1. The van der Waals surface area contributed by atoms with Crippen LogP contribution in [0.2, 0.25) is 0 Å². The minimum Gasteiger partial charge on any atom is -0.493 e. The maximum Gasteiger partial charge on any atom is 0.220 e. The SMILES string of the molecule is CCCC(=O)NC1CCCOc2c(C)cccc21. The summed E-state index contributed by atoms with van der Waals surface area (Å²) in [6.45, 7) is 4.81. The molecule has 1 atom stereocenters. The molecule has 1 aliphatic rings. The van der Waals surface area contributed by atoms with Crippen LogP contribution in [-0.4, -0.2) is 12.5 Å². The maximum absolute atomic E-state index is 11.8. The van der Waals surface area contributed by atoms with Gasteiger partial charge in [-0.25, -0.2) is 0 Å². The number of nitrogens with one attached hydrogen (secondary N) is 1. The lowest BCUT2D eigenvalue weighted by atomic mass is 9.99. The molecule has 0 radical (unpaired) electrons. The number of hydrogen-bond acceptors (Lipinski definition) is 2. The third-order valence-corrected chi connectivity index (χ3v) is 3.31. The van der Waals surface area contributed by atoms with Gasteiger partial charge in [0.25, 0.3) is 0 Å². The predicted octanol–water partition coefficient (Wildman–Crippen LogP) is 3.13. The van der Waals surface area contributed by atoms with Crippen molar-refractivity contribution in [1.82, 2.24) is 5.32 Å². The summed E-state index contributed by atoms with van der Waals surface area (Å²) in [6.07, 6.45) is 3.41. The van der Waals surface area contributed by atoms with Crippen molar-refractivity contribution < 1.29 is 9.53 Å². The molecule has 1 unspecified atom stereocenters. The first kappa shape index (κ1) is 12.9. The molecule has 3 nitrogen and oxygen atoms in total. The standard InChI is InChI=1S/C15H21NO2/c1-3-6-14(17)16-13-9-5-10-18-15-11(2)7-4-8-12(13)15/h4,7-8,13H,3,5-6,9-10H2,1-2H3,(H,16,17). The van der Waals surface area contributed by atoms with E-state index in [0.717, 1.165) is 42.7 Å². The lowest BCUT2D eigenvalue weighted by Gasteiger charge is -2.19. The van der Waals surface area contributed by atoms with Gasteiger partial charge in [0.1, 0.15) is 5.75 Å². The zero-order valence-electron chi connectivity index (χ0n) is 11.2. The van der Waals surface area contributed by atoms with E-state index in [1.807, 2.05) is 13.0 Å². The molecule has 0 saturated heterocycles. The van der Waals surface area contributed by atoms with Crippen LogP contribution in [0.1, 0.15) is 49.8 Å². The molecule has 1 aliphatic heterocycles. The minimum absolute atomic E-state index is 0.0986. The van der Waals surface area contributed by atoms with Crippen LogP contribution in [0.4, 0.5) is 0 Å². The van der Waals surface area contributed by atoms with E-state index in [0.29, 0.717) is 6.42 Å². The fourth-order valence-corrected chi connectivity index (χ4v) is 2.41. The van der Waals surface area contributed by atoms with Crippen LogP contribution in [0.25, 0.3) is 0 Å². The van der Waals surface area contributed by atoms with E-state index >= 15 is 0 Å². The van der Waals surface area contributed by atoms with Crippen molar-refractivity contribution in [3.8, 4) is 5.75 Å². The summed E-state index contributed by atoms with van der Waals surface area (Å²) in [7, 11) is 0. The largest absolute Gasteiger partial charge is 0.493 e. The highest BCUT2D eigenvalue weighted by atomic mass is 16.5. The number of benzene rings is 1. The van der Waals surface area contributed by atoms with E-state index in [-0.39, 0.29) is 11.9 Å². The molecule has 0 fully saturated rings. The number of aryl methyl sites for hydroxylation is 1. The van der Waals surface area contributed by atoms with Crippen molar-refractivity contribution in [1.29, 1.82) is 0 Å². The highest BCUT2D eigenvalue weighted by molar-refractivity contribution is 5.76. The Labute approximate surface area is 109 Å². The molecule has 0 spiro atoms. The highest BCUT2D eigenvalue weighted by Crippen LogP contribution is 2.33. The first-order valence-electron chi connectivity index (χ1n) is 6.74. The fraction of sp³-hybridized carbons (Fsp3) is 0.533. The van der Waals surface area contributed by atoms with E-state index in [2.05, 4.69) is 24.4 Å². The number of fused-ring (bicyclic) bond motifs is 1. The Morgan fingerprint density at radius 3 is 3.11 bits per heavy atom. The van der Waals surface area contributed by atoms with Gasteiger partial charge in [-0.1, -0.05) is 25.1 Å². The van der Waals surface area contributed by atoms with Crippen LogP contribution >= 0.6 is 0 Å². The molecule has 3 heteroatoms. The van der Waals surface area contributed by atoms with Gasteiger partial charge in [-0.2, -0.15) is 0 Å². The van der Waals surface area contributed by atoms with Crippen LogP contribution in [0, 0.1) is 6.92 Å². The second-order valence-electron chi connectivity index (χ2n) is 4.85. The number of para-hydroxylation sites is 1. The van der Waals surface area contributed by atoms with Gasteiger partial charge in [-0.05, 0) is 31.7 Å². The Hall–Kier alpha value is -1.51. The predicted molar refractivity (Wildman–Crippen MR) is 71.7 cm³/mol. The number of rotatable bonds is 3. The van der Waals surface area contributed by atoms with Gasteiger partial charge < -0.3 is 10.1 Å². The molecule has 18 heavy (non-hydrogen) atoms. The second-order valence-corrected chi connectivity index (χ2v) is 4.85. The molecule has 2 rings (SSSR count). The summed E-state index contributed by atoms with van der Waals surface area (Å²) < 4.78 is 5.80. The summed E-state index contributed by atoms with van der Waals surface area (Å²) >= 11 is 0. The Morgan fingerprint density at radius 2 is 2.33 bits per heavy atom. The van der Waals surface area contributed by atoms with Gasteiger partial charge in [0, 0.05) is 12.0 Å². The summed E-state index contributed by atoms with van der Waals surface area (Å²) in [5.74, 6) is 1.09. The minimum atomic E-state index is 0.0986. The summed E-state index contributed by atoms with van der Waals surface area (Å²) in [6, 6.07) is 6.24. The van der Waals surface area contributed by atoms with Crippen molar-refractivity contribution in [2.45, 2.75) is 45.6 Å². The lowest BCUT2D eigenvalue weighted by molar-refractivity contribution is -0.121. The lowest BCUT2D eigenvalue weighted by Crippen LogP contribution is -2.28. The Bertz CT molecular complexity index is 429. The van der Waals surface area contributed by atoms with Crippen LogP contribution in [0.5, 0.6) is 5.75 Å². The van der Waals surface area contributed by atoms with Crippen LogP contribution in [-0.2, 0) is 4.79 Å². The van der Waals surface area contributed by atoms with Crippen molar-refractivity contribution >= 4 is 5.91 Å². The van der Waals surface area contributed by atoms with Crippen molar-refractivity contribution in [3.63, 3.8) is 0 Å². The van der Waals surface area contributed by atoms with Gasteiger partial charge in [-0.15, -0.1) is 0 Å². The molecule has 1 heterocycles. The molecule has 0 aliphatic carbocycles.